The topological polar surface area (TPSA) is 61.6 Å². The number of carbonyl (C=O) groups excluding carboxylic acids is 1. The Kier molecular flexibility index (Phi) is 4.48. The molecule has 2 aliphatic rings. The summed E-state index contributed by atoms with van der Waals surface area (Å²) in [4.78, 5) is 16.6. The summed E-state index contributed by atoms with van der Waals surface area (Å²) >= 11 is 0. The van der Waals surface area contributed by atoms with Crippen LogP contribution in [-0.4, -0.2) is 67.1 Å². The number of rotatable bonds is 5. The van der Waals surface area contributed by atoms with Crippen LogP contribution in [0.25, 0.3) is 0 Å². The third kappa shape index (κ3) is 2.93. The maximum Gasteiger partial charge on any atom is 0.237 e. The third-order valence-corrected chi connectivity index (χ3v) is 4.92. The van der Waals surface area contributed by atoms with Gasteiger partial charge in [-0.05, 0) is 46.3 Å². The minimum atomic E-state index is -0.463. The van der Waals surface area contributed by atoms with E-state index in [0.29, 0.717) is 12.1 Å². The monoisotopic (exact) mass is 268 g/mol. The molecule has 1 saturated heterocycles. The molecular formula is C14H28N4O. The number of likely N-dealkylation sites (N-methyl/N-ethyl adjacent to an activating group) is 2. The fraction of sp³-hybridized carbons (Fsp3) is 0.929. The number of nitrogens with one attached hydrogen (secondary N) is 1. The van der Waals surface area contributed by atoms with E-state index in [0.717, 1.165) is 38.9 Å². The molecule has 3 atom stereocenters. The minimum Gasteiger partial charge on any atom is -0.368 e. The predicted octanol–water partition coefficient (Wildman–Crippen LogP) is 0.00840. The normalized spacial score (nSPS) is 36.2. The van der Waals surface area contributed by atoms with E-state index in [1.807, 2.05) is 6.92 Å². The summed E-state index contributed by atoms with van der Waals surface area (Å²) in [5.74, 6) is -0.180. The Labute approximate surface area is 116 Å². The van der Waals surface area contributed by atoms with Crippen molar-refractivity contribution in [2.24, 2.45) is 5.73 Å². The van der Waals surface area contributed by atoms with Crippen LogP contribution in [0.4, 0.5) is 0 Å². The van der Waals surface area contributed by atoms with Gasteiger partial charge in [0.05, 0.1) is 5.54 Å². The van der Waals surface area contributed by atoms with Gasteiger partial charge in [0.1, 0.15) is 0 Å². The van der Waals surface area contributed by atoms with Gasteiger partial charge in [0.2, 0.25) is 5.91 Å². The zero-order valence-corrected chi connectivity index (χ0v) is 12.5. The molecule has 1 saturated carbocycles. The van der Waals surface area contributed by atoms with Crippen molar-refractivity contribution in [2.75, 3.05) is 33.7 Å². The first kappa shape index (κ1) is 14.8. The first-order valence-electron chi connectivity index (χ1n) is 7.44. The lowest BCUT2D eigenvalue weighted by molar-refractivity contribution is -0.124. The van der Waals surface area contributed by atoms with E-state index in [1.165, 1.54) is 6.42 Å². The number of carbonyl (C=O) groups is 1. The van der Waals surface area contributed by atoms with E-state index in [9.17, 15) is 4.79 Å². The Bertz CT molecular complexity index is 333. The van der Waals surface area contributed by atoms with Crippen LogP contribution in [-0.2, 0) is 4.79 Å². The minimum absolute atomic E-state index is 0.180. The Hall–Kier alpha value is -0.650. The molecule has 0 aromatic rings. The van der Waals surface area contributed by atoms with Crippen molar-refractivity contribution >= 4 is 5.91 Å². The highest BCUT2D eigenvalue weighted by Crippen LogP contribution is 2.34. The van der Waals surface area contributed by atoms with Crippen LogP contribution in [0.5, 0.6) is 0 Å². The molecule has 1 heterocycles. The predicted molar refractivity (Wildman–Crippen MR) is 76.9 cm³/mol. The van der Waals surface area contributed by atoms with Gasteiger partial charge in [-0.1, -0.05) is 6.92 Å². The summed E-state index contributed by atoms with van der Waals surface area (Å²) in [6.07, 6.45) is 4.06. The highest BCUT2D eigenvalue weighted by molar-refractivity contribution is 5.85. The maximum atomic E-state index is 11.8. The Morgan fingerprint density at radius 3 is 2.74 bits per heavy atom. The standard InChI is InChI=1S/C14H28N4O/c1-4-16-14(13(15)19)7-5-11(9-14)18-8-6-12(10-18)17(2)3/h11-12,16H,4-10H2,1-3H3,(H2,15,19). The average molecular weight is 268 g/mol. The van der Waals surface area contributed by atoms with Crippen molar-refractivity contribution < 1.29 is 4.79 Å². The second kappa shape index (κ2) is 5.77. The summed E-state index contributed by atoms with van der Waals surface area (Å²) in [5.41, 5.74) is 5.16. The molecule has 1 aliphatic heterocycles. The Morgan fingerprint density at radius 1 is 1.47 bits per heavy atom. The molecule has 2 rings (SSSR count). The number of nitrogens with two attached hydrogens (primary N) is 1. The van der Waals surface area contributed by atoms with E-state index >= 15 is 0 Å². The Balaban J connectivity index is 1.96. The summed E-state index contributed by atoms with van der Waals surface area (Å²) < 4.78 is 0. The first-order chi connectivity index (χ1) is 8.98. The molecule has 0 bridgehead atoms. The van der Waals surface area contributed by atoms with E-state index in [4.69, 9.17) is 5.73 Å². The molecule has 0 radical (unpaired) electrons. The van der Waals surface area contributed by atoms with Gasteiger partial charge >= 0.3 is 0 Å². The lowest BCUT2D eigenvalue weighted by Crippen LogP contribution is -2.54. The Morgan fingerprint density at radius 2 is 2.21 bits per heavy atom. The molecule has 0 spiro atoms. The number of nitrogens with zero attached hydrogens (tertiary/aromatic N) is 2. The smallest absolute Gasteiger partial charge is 0.237 e. The number of likely N-dealkylation sites (tertiary alicyclic amines) is 1. The summed E-state index contributed by atoms with van der Waals surface area (Å²) in [7, 11) is 4.30. The van der Waals surface area contributed by atoms with Gasteiger partial charge in [0, 0.05) is 25.2 Å². The number of primary amides is 1. The lowest BCUT2D eigenvalue weighted by Gasteiger charge is -2.29. The molecule has 5 nitrogen and oxygen atoms in total. The van der Waals surface area contributed by atoms with Gasteiger partial charge in [-0.2, -0.15) is 0 Å². The second-order valence-electron chi connectivity index (χ2n) is 6.27. The van der Waals surface area contributed by atoms with Crippen LogP contribution in [0.15, 0.2) is 0 Å². The molecule has 0 aromatic carbocycles. The SMILES string of the molecule is CCNC1(C(N)=O)CCC(N2CCC(N(C)C)C2)C1. The molecule has 3 unspecified atom stereocenters. The highest BCUT2D eigenvalue weighted by atomic mass is 16.1. The highest BCUT2D eigenvalue weighted by Gasteiger charge is 2.46. The zero-order chi connectivity index (χ0) is 14.0. The van der Waals surface area contributed by atoms with E-state index in [1.54, 1.807) is 0 Å². The third-order valence-electron chi connectivity index (χ3n) is 4.92. The second-order valence-corrected chi connectivity index (χ2v) is 6.27. The molecule has 5 heteroatoms. The molecule has 1 amide bonds. The summed E-state index contributed by atoms with van der Waals surface area (Å²) in [6.45, 7) is 5.11. The molecule has 19 heavy (non-hydrogen) atoms. The van der Waals surface area contributed by atoms with Crippen molar-refractivity contribution in [3.05, 3.63) is 0 Å². The maximum absolute atomic E-state index is 11.8. The molecule has 110 valence electrons. The van der Waals surface area contributed by atoms with E-state index in [-0.39, 0.29) is 5.91 Å². The van der Waals surface area contributed by atoms with Crippen LogP contribution in [0.1, 0.15) is 32.6 Å². The molecular weight excluding hydrogens is 240 g/mol. The van der Waals surface area contributed by atoms with Gasteiger partial charge in [0.25, 0.3) is 0 Å². The quantitative estimate of drug-likeness (QED) is 0.737. The zero-order valence-electron chi connectivity index (χ0n) is 12.5. The van der Waals surface area contributed by atoms with Crippen LogP contribution >= 0.6 is 0 Å². The van der Waals surface area contributed by atoms with E-state index in [2.05, 4.69) is 29.2 Å². The van der Waals surface area contributed by atoms with Crippen molar-refractivity contribution in [3.8, 4) is 0 Å². The molecule has 0 aromatic heterocycles. The van der Waals surface area contributed by atoms with Gasteiger partial charge in [-0.25, -0.2) is 0 Å². The fourth-order valence-electron chi connectivity index (χ4n) is 3.66. The van der Waals surface area contributed by atoms with Crippen molar-refractivity contribution in [3.63, 3.8) is 0 Å². The largest absolute Gasteiger partial charge is 0.368 e. The molecule has 3 N–H and O–H groups in total. The van der Waals surface area contributed by atoms with Crippen LogP contribution in [0.2, 0.25) is 0 Å². The first-order valence-corrected chi connectivity index (χ1v) is 7.44. The number of amides is 1. The summed E-state index contributed by atoms with van der Waals surface area (Å²) in [6, 6.07) is 1.17. The number of hydrogen-bond donors (Lipinski definition) is 2. The van der Waals surface area contributed by atoms with Gasteiger partial charge in [0.15, 0.2) is 0 Å². The molecule has 1 aliphatic carbocycles. The van der Waals surface area contributed by atoms with Gasteiger partial charge in [-0.15, -0.1) is 0 Å². The van der Waals surface area contributed by atoms with Crippen molar-refractivity contribution in [2.45, 2.75) is 50.2 Å². The lowest BCUT2D eigenvalue weighted by atomic mass is 9.96. The average Bonchev–Trinajstić information content (AvgIpc) is 2.95. The van der Waals surface area contributed by atoms with Gasteiger partial charge in [-0.3, -0.25) is 9.69 Å². The summed E-state index contributed by atoms with van der Waals surface area (Å²) in [5, 5.41) is 3.33. The van der Waals surface area contributed by atoms with Crippen LogP contribution in [0, 0.1) is 0 Å². The van der Waals surface area contributed by atoms with Crippen molar-refractivity contribution in [1.82, 2.24) is 15.1 Å². The van der Waals surface area contributed by atoms with Crippen molar-refractivity contribution in [1.29, 1.82) is 0 Å². The van der Waals surface area contributed by atoms with Gasteiger partial charge < -0.3 is 16.0 Å². The van der Waals surface area contributed by atoms with Crippen LogP contribution < -0.4 is 11.1 Å². The fourth-order valence-corrected chi connectivity index (χ4v) is 3.66. The molecule has 2 fully saturated rings. The van der Waals surface area contributed by atoms with Crippen LogP contribution in [0.3, 0.4) is 0 Å². The van der Waals surface area contributed by atoms with E-state index < -0.39 is 5.54 Å². The number of hydrogen-bond acceptors (Lipinski definition) is 4.